The Morgan fingerprint density at radius 3 is 2.38 bits per heavy atom. The van der Waals surface area contributed by atoms with E-state index in [1.807, 2.05) is 24.3 Å². The maximum absolute atomic E-state index is 13.7. The third kappa shape index (κ3) is 4.14. The predicted molar refractivity (Wildman–Crippen MR) is 98.8 cm³/mol. The van der Waals surface area contributed by atoms with Crippen LogP contribution in [0.2, 0.25) is 5.02 Å². The molecule has 4 nitrogen and oxygen atoms in total. The molecule has 1 fully saturated rings. The zero-order chi connectivity index (χ0) is 18.7. The molecule has 1 aliphatic heterocycles. The molecule has 0 bridgehead atoms. The lowest BCUT2D eigenvalue weighted by molar-refractivity contribution is -0.914. The summed E-state index contributed by atoms with van der Waals surface area (Å²) in [5.41, 5.74) is 0.670. The Morgan fingerprint density at radius 1 is 1.15 bits per heavy atom. The van der Waals surface area contributed by atoms with Crippen molar-refractivity contribution >= 4 is 28.9 Å². The quantitative estimate of drug-likeness (QED) is 0.854. The molecule has 138 valence electrons. The number of amides is 1. The first-order valence-corrected chi connectivity index (χ1v) is 8.93. The van der Waals surface area contributed by atoms with Gasteiger partial charge in [-0.15, -0.1) is 0 Å². The smallest absolute Gasteiger partial charge is 0.282 e. The van der Waals surface area contributed by atoms with Crippen LogP contribution >= 0.6 is 11.6 Å². The fourth-order valence-electron chi connectivity index (χ4n) is 3.19. The van der Waals surface area contributed by atoms with Crippen molar-refractivity contribution in [1.82, 2.24) is 0 Å². The van der Waals surface area contributed by atoms with Gasteiger partial charge in [0.15, 0.2) is 6.04 Å². The molecule has 2 aromatic carbocycles. The van der Waals surface area contributed by atoms with E-state index in [2.05, 4.69) is 10.2 Å². The summed E-state index contributed by atoms with van der Waals surface area (Å²) in [5.74, 6) is -1.93. The van der Waals surface area contributed by atoms with Gasteiger partial charge in [0.1, 0.15) is 17.3 Å². The van der Waals surface area contributed by atoms with Gasteiger partial charge < -0.3 is 15.1 Å². The van der Waals surface area contributed by atoms with Crippen molar-refractivity contribution in [3.63, 3.8) is 0 Å². The number of quaternary nitrogens is 1. The van der Waals surface area contributed by atoms with Gasteiger partial charge in [-0.2, -0.15) is 0 Å². The number of carbonyl (C=O) groups excluding carboxylic acids is 1. The van der Waals surface area contributed by atoms with E-state index < -0.39 is 17.7 Å². The molecule has 0 aromatic heterocycles. The second-order valence-electron chi connectivity index (χ2n) is 6.43. The van der Waals surface area contributed by atoms with Crippen molar-refractivity contribution in [2.75, 3.05) is 36.4 Å². The zero-order valence-corrected chi connectivity index (χ0v) is 15.2. The van der Waals surface area contributed by atoms with E-state index in [-0.39, 0.29) is 11.6 Å². The Morgan fingerprint density at radius 2 is 1.77 bits per heavy atom. The summed E-state index contributed by atoms with van der Waals surface area (Å²) in [6.45, 7) is 4.84. The van der Waals surface area contributed by atoms with Crippen LogP contribution < -0.4 is 15.1 Å². The number of benzene rings is 2. The van der Waals surface area contributed by atoms with E-state index in [1.54, 1.807) is 6.92 Å². The van der Waals surface area contributed by atoms with Gasteiger partial charge in [-0.25, -0.2) is 8.78 Å². The van der Waals surface area contributed by atoms with E-state index in [0.29, 0.717) is 5.02 Å². The van der Waals surface area contributed by atoms with E-state index in [9.17, 15) is 13.6 Å². The maximum atomic E-state index is 13.7. The number of rotatable bonds is 4. The van der Waals surface area contributed by atoms with Crippen LogP contribution in [0.1, 0.15) is 6.92 Å². The van der Waals surface area contributed by atoms with Crippen LogP contribution in [-0.4, -0.2) is 38.1 Å². The Kier molecular flexibility index (Phi) is 5.74. The minimum atomic E-state index is -0.772. The van der Waals surface area contributed by atoms with Crippen LogP contribution in [0.4, 0.5) is 20.2 Å². The molecule has 3 rings (SSSR count). The van der Waals surface area contributed by atoms with Crippen molar-refractivity contribution < 1.29 is 18.5 Å². The highest BCUT2D eigenvalue weighted by Gasteiger charge is 2.30. The number of nitrogens with zero attached hydrogens (tertiary/aromatic N) is 1. The highest BCUT2D eigenvalue weighted by Crippen LogP contribution is 2.20. The number of piperazine rings is 1. The van der Waals surface area contributed by atoms with Gasteiger partial charge in [0, 0.05) is 10.7 Å². The highest BCUT2D eigenvalue weighted by molar-refractivity contribution is 6.30. The molecule has 1 aliphatic rings. The fourth-order valence-corrected chi connectivity index (χ4v) is 3.38. The molecule has 26 heavy (non-hydrogen) atoms. The molecule has 0 aliphatic carbocycles. The first kappa shape index (κ1) is 18.6. The molecule has 1 saturated heterocycles. The molecule has 0 radical (unpaired) electrons. The summed E-state index contributed by atoms with van der Waals surface area (Å²) >= 11 is 6.04. The Balaban J connectivity index is 1.59. The van der Waals surface area contributed by atoms with Crippen LogP contribution in [0.5, 0.6) is 0 Å². The lowest BCUT2D eigenvalue weighted by atomic mass is 10.2. The number of hydrogen-bond acceptors (Lipinski definition) is 2. The second-order valence-corrected chi connectivity index (χ2v) is 6.87. The largest absolute Gasteiger partial charge is 0.360 e. The third-order valence-electron chi connectivity index (χ3n) is 4.80. The molecule has 0 spiro atoms. The lowest BCUT2D eigenvalue weighted by Crippen LogP contribution is -3.19. The first-order valence-electron chi connectivity index (χ1n) is 8.55. The molecule has 0 saturated carbocycles. The summed E-state index contributed by atoms with van der Waals surface area (Å²) in [6, 6.07) is 10.8. The van der Waals surface area contributed by atoms with Gasteiger partial charge in [0.05, 0.1) is 26.2 Å². The van der Waals surface area contributed by atoms with Gasteiger partial charge in [-0.1, -0.05) is 23.7 Å². The van der Waals surface area contributed by atoms with Crippen LogP contribution in [-0.2, 0) is 4.79 Å². The van der Waals surface area contributed by atoms with Crippen LogP contribution in [0.25, 0.3) is 0 Å². The maximum Gasteiger partial charge on any atom is 0.282 e. The van der Waals surface area contributed by atoms with Crippen molar-refractivity contribution in [3.8, 4) is 0 Å². The van der Waals surface area contributed by atoms with Gasteiger partial charge >= 0.3 is 0 Å². The molecule has 2 aromatic rings. The summed E-state index contributed by atoms with van der Waals surface area (Å²) in [7, 11) is 0. The van der Waals surface area contributed by atoms with E-state index in [4.69, 9.17) is 11.6 Å². The predicted octanol–water partition coefficient (Wildman–Crippen LogP) is 2.35. The van der Waals surface area contributed by atoms with Crippen LogP contribution in [0.3, 0.4) is 0 Å². The average Bonchev–Trinajstić information content (AvgIpc) is 2.64. The summed E-state index contributed by atoms with van der Waals surface area (Å²) in [6.07, 6.45) is 0. The van der Waals surface area contributed by atoms with E-state index in [1.165, 1.54) is 6.07 Å². The lowest BCUT2D eigenvalue weighted by Gasteiger charge is -2.36. The van der Waals surface area contributed by atoms with Gasteiger partial charge in [-0.05, 0) is 37.3 Å². The minimum Gasteiger partial charge on any atom is -0.360 e. The number of para-hydroxylation sites is 1. The Bertz CT molecular complexity index is 774. The Hall–Kier alpha value is -2.18. The van der Waals surface area contributed by atoms with Crippen molar-refractivity contribution in [1.29, 1.82) is 0 Å². The second kappa shape index (κ2) is 8.01. The van der Waals surface area contributed by atoms with Gasteiger partial charge in [-0.3, -0.25) is 4.79 Å². The summed E-state index contributed by atoms with van der Waals surface area (Å²) < 4.78 is 27.4. The molecule has 1 atom stereocenters. The van der Waals surface area contributed by atoms with Crippen molar-refractivity contribution in [3.05, 3.63) is 59.1 Å². The zero-order valence-electron chi connectivity index (χ0n) is 14.4. The van der Waals surface area contributed by atoms with Crippen molar-refractivity contribution in [2.45, 2.75) is 13.0 Å². The molecule has 2 N–H and O–H groups in total. The van der Waals surface area contributed by atoms with E-state index in [0.717, 1.165) is 48.9 Å². The molecule has 0 unspecified atom stereocenters. The number of nitrogens with one attached hydrogen (secondary N) is 2. The number of hydrogen-bond donors (Lipinski definition) is 2. The van der Waals surface area contributed by atoms with Gasteiger partial charge in [0.2, 0.25) is 0 Å². The fraction of sp³-hybridized carbons (Fsp3) is 0.316. The number of anilines is 2. The molecule has 1 amide bonds. The normalized spacial score (nSPS) is 16.4. The average molecular weight is 381 g/mol. The van der Waals surface area contributed by atoms with Crippen LogP contribution in [0.15, 0.2) is 42.5 Å². The number of halogens is 3. The monoisotopic (exact) mass is 380 g/mol. The highest BCUT2D eigenvalue weighted by atomic mass is 35.5. The minimum absolute atomic E-state index is 0.388. The van der Waals surface area contributed by atoms with Gasteiger partial charge in [0.25, 0.3) is 5.91 Å². The topological polar surface area (TPSA) is 36.8 Å². The molecular formula is C19H21ClF2N3O+. The standard InChI is InChI=1S/C19H20ClF2N3O/c1-13(19(26)23-18-16(21)6-3-7-17(18)22)24-8-10-25(11-9-24)15-5-2-4-14(20)12-15/h2-7,12-13H,8-11H2,1H3,(H,23,26)/p+1/t13-/m0/s1. The SMILES string of the molecule is C[C@@H](C(=O)Nc1c(F)cccc1F)[NH+]1CCN(c2cccc(Cl)c2)CC1. The third-order valence-corrected chi connectivity index (χ3v) is 5.03. The summed E-state index contributed by atoms with van der Waals surface area (Å²) in [4.78, 5) is 15.7. The molecule has 7 heteroatoms. The first-order chi connectivity index (χ1) is 12.5. The van der Waals surface area contributed by atoms with Crippen molar-refractivity contribution in [2.24, 2.45) is 0 Å². The molecular weight excluding hydrogens is 360 g/mol. The summed E-state index contributed by atoms with van der Waals surface area (Å²) in [5, 5.41) is 3.08. The molecule has 1 heterocycles. The Labute approximate surface area is 156 Å². The van der Waals surface area contributed by atoms with E-state index >= 15 is 0 Å². The number of carbonyl (C=O) groups is 1. The van der Waals surface area contributed by atoms with Crippen LogP contribution in [0, 0.1) is 11.6 Å².